The second-order valence-corrected chi connectivity index (χ2v) is 4.69. The van der Waals surface area contributed by atoms with Gasteiger partial charge in [0.2, 0.25) is 0 Å². The van der Waals surface area contributed by atoms with Crippen LogP contribution in [-0.4, -0.2) is 28.6 Å². The number of aromatic carboxylic acids is 1. The molecule has 0 saturated carbocycles. The second-order valence-electron chi connectivity index (χ2n) is 3.58. The molecule has 0 amide bonds. The predicted octanol–water partition coefficient (Wildman–Crippen LogP) is 2.10. The van der Waals surface area contributed by atoms with Gasteiger partial charge in [-0.05, 0) is 25.1 Å². The van der Waals surface area contributed by atoms with Crippen molar-refractivity contribution in [2.75, 3.05) is 6.61 Å². The maximum atomic E-state index is 11.3. The molecule has 1 heterocycles. The summed E-state index contributed by atoms with van der Waals surface area (Å²) in [5.41, 5.74) is 0.787. The fourth-order valence-electron chi connectivity index (χ4n) is 1.52. The van der Waals surface area contributed by atoms with E-state index in [1.165, 1.54) is 23.5 Å². The molecular weight excluding hydrogens is 254 g/mol. The number of carboxylic acids is 1. The van der Waals surface area contributed by atoms with Gasteiger partial charge in [0.15, 0.2) is 0 Å². The zero-order chi connectivity index (χ0) is 13.1. The Morgan fingerprint density at radius 2 is 2.22 bits per heavy atom. The van der Waals surface area contributed by atoms with Gasteiger partial charge >= 0.3 is 11.9 Å². The molecule has 6 heteroatoms. The number of carbonyl (C=O) groups is 2. The van der Waals surface area contributed by atoms with E-state index in [-0.39, 0.29) is 18.0 Å². The number of carboxylic acid groups (broad SMARTS) is 1. The number of carbonyl (C=O) groups excluding carboxylic acids is 1. The molecule has 0 spiro atoms. The SMILES string of the molecule is CCOC(=O)Cc1nc2cc(C(=O)O)ccc2s1. The van der Waals surface area contributed by atoms with Crippen molar-refractivity contribution in [1.29, 1.82) is 0 Å². The van der Waals surface area contributed by atoms with Crippen LogP contribution in [0.25, 0.3) is 10.2 Å². The van der Waals surface area contributed by atoms with Gasteiger partial charge in [-0.25, -0.2) is 9.78 Å². The largest absolute Gasteiger partial charge is 0.478 e. The lowest BCUT2D eigenvalue weighted by atomic mass is 10.2. The van der Waals surface area contributed by atoms with Crippen molar-refractivity contribution in [3.8, 4) is 0 Å². The van der Waals surface area contributed by atoms with Gasteiger partial charge in [0.1, 0.15) is 5.01 Å². The summed E-state index contributed by atoms with van der Waals surface area (Å²) in [5, 5.41) is 9.50. The van der Waals surface area contributed by atoms with Gasteiger partial charge in [0, 0.05) is 0 Å². The lowest BCUT2D eigenvalue weighted by molar-refractivity contribution is -0.142. The summed E-state index contributed by atoms with van der Waals surface area (Å²) >= 11 is 1.37. The Hall–Kier alpha value is -1.95. The molecule has 0 bridgehead atoms. The normalized spacial score (nSPS) is 10.5. The Morgan fingerprint density at radius 3 is 2.89 bits per heavy atom. The smallest absolute Gasteiger partial charge is 0.335 e. The van der Waals surface area contributed by atoms with Crippen LogP contribution in [0, 0.1) is 0 Å². The molecule has 0 aliphatic rings. The lowest BCUT2D eigenvalue weighted by Gasteiger charge is -1.97. The minimum atomic E-state index is -0.989. The Balaban J connectivity index is 2.27. The van der Waals surface area contributed by atoms with E-state index in [9.17, 15) is 9.59 Å². The van der Waals surface area contributed by atoms with Crippen LogP contribution in [0.2, 0.25) is 0 Å². The van der Waals surface area contributed by atoms with Crippen LogP contribution in [-0.2, 0) is 16.0 Å². The van der Waals surface area contributed by atoms with Gasteiger partial charge in [-0.1, -0.05) is 0 Å². The summed E-state index contributed by atoms with van der Waals surface area (Å²) in [7, 11) is 0. The molecule has 94 valence electrons. The van der Waals surface area contributed by atoms with Crippen molar-refractivity contribution in [1.82, 2.24) is 4.98 Å². The van der Waals surface area contributed by atoms with E-state index in [2.05, 4.69) is 4.98 Å². The Labute approximate surface area is 107 Å². The van der Waals surface area contributed by atoms with Crippen LogP contribution in [0.4, 0.5) is 0 Å². The summed E-state index contributed by atoms with van der Waals surface area (Å²) in [6.45, 7) is 2.09. The van der Waals surface area contributed by atoms with Gasteiger partial charge in [0.25, 0.3) is 0 Å². The van der Waals surface area contributed by atoms with Crippen LogP contribution in [0.5, 0.6) is 0 Å². The summed E-state index contributed by atoms with van der Waals surface area (Å²) < 4.78 is 5.70. The second kappa shape index (κ2) is 5.14. The molecule has 2 rings (SSSR count). The van der Waals surface area contributed by atoms with Crippen LogP contribution in [0.1, 0.15) is 22.3 Å². The standard InChI is InChI=1S/C12H11NO4S/c1-2-17-11(14)6-10-13-8-5-7(12(15)16)3-4-9(8)18-10/h3-5H,2,6H2,1H3,(H,15,16). The minimum Gasteiger partial charge on any atom is -0.478 e. The first-order chi connectivity index (χ1) is 8.60. The van der Waals surface area contributed by atoms with Crippen molar-refractivity contribution in [3.05, 3.63) is 28.8 Å². The van der Waals surface area contributed by atoms with Crippen molar-refractivity contribution in [2.24, 2.45) is 0 Å². The van der Waals surface area contributed by atoms with E-state index in [1.54, 1.807) is 13.0 Å². The molecular formula is C12H11NO4S. The highest BCUT2D eigenvalue weighted by atomic mass is 32.1. The number of aromatic nitrogens is 1. The van der Waals surface area contributed by atoms with Crippen molar-refractivity contribution < 1.29 is 19.4 Å². The molecule has 1 aromatic heterocycles. The number of rotatable bonds is 4. The first-order valence-electron chi connectivity index (χ1n) is 5.38. The van der Waals surface area contributed by atoms with E-state index < -0.39 is 5.97 Å². The summed E-state index contributed by atoms with van der Waals surface area (Å²) in [6, 6.07) is 4.73. The third kappa shape index (κ3) is 2.65. The number of esters is 1. The number of hydrogen-bond donors (Lipinski definition) is 1. The average molecular weight is 265 g/mol. The molecule has 0 atom stereocenters. The molecule has 2 aromatic rings. The predicted molar refractivity (Wildman–Crippen MR) is 66.9 cm³/mol. The van der Waals surface area contributed by atoms with Gasteiger partial charge in [-0.2, -0.15) is 0 Å². The van der Waals surface area contributed by atoms with Crippen LogP contribution in [0.15, 0.2) is 18.2 Å². The Kier molecular flexibility index (Phi) is 3.57. The van der Waals surface area contributed by atoms with Gasteiger partial charge in [-0.15, -0.1) is 11.3 Å². The number of nitrogens with zero attached hydrogens (tertiary/aromatic N) is 1. The van der Waals surface area contributed by atoms with Crippen LogP contribution in [0.3, 0.4) is 0 Å². The highest BCUT2D eigenvalue weighted by Gasteiger charge is 2.11. The minimum absolute atomic E-state index is 0.121. The van der Waals surface area contributed by atoms with Gasteiger partial charge in [0.05, 0.1) is 28.8 Å². The Bertz CT molecular complexity index is 605. The number of benzene rings is 1. The molecule has 0 aliphatic heterocycles. The van der Waals surface area contributed by atoms with Gasteiger partial charge in [-0.3, -0.25) is 4.79 Å². The van der Waals surface area contributed by atoms with Crippen molar-refractivity contribution in [3.63, 3.8) is 0 Å². The highest BCUT2D eigenvalue weighted by Crippen LogP contribution is 2.23. The molecule has 1 N–H and O–H groups in total. The van der Waals surface area contributed by atoms with E-state index in [4.69, 9.17) is 9.84 Å². The highest BCUT2D eigenvalue weighted by molar-refractivity contribution is 7.18. The first kappa shape index (κ1) is 12.5. The quantitative estimate of drug-likeness (QED) is 0.857. The topological polar surface area (TPSA) is 76.5 Å². The first-order valence-corrected chi connectivity index (χ1v) is 6.20. The zero-order valence-corrected chi connectivity index (χ0v) is 10.5. The fraction of sp³-hybridized carbons (Fsp3) is 0.250. The molecule has 0 unspecified atom stereocenters. The zero-order valence-electron chi connectivity index (χ0n) is 9.67. The molecule has 0 fully saturated rings. The monoisotopic (exact) mass is 265 g/mol. The maximum Gasteiger partial charge on any atom is 0.335 e. The summed E-state index contributed by atoms with van der Waals surface area (Å²) in [4.78, 5) is 26.4. The maximum absolute atomic E-state index is 11.3. The number of hydrogen-bond acceptors (Lipinski definition) is 5. The van der Waals surface area contributed by atoms with E-state index in [0.29, 0.717) is 17.1 Å². The molecule has 18 heavy (non-hydrogen) atoms. The van der Waals surface area contributed by atoms with Crippen molar-refractivity contribution in [2.45, 2.75) is 13.3 Å². The number of fused-ring (bicyclic) bond motifs is 1. The summed E-state index contributed by atoms with van der Waals surface area (Å²) in [5.74, 6) is -1.31. The van der Waals surface area contributed by atoms with Crippen LogP contribution < -0.4 is 0 Å². The molecule has 0 aliphatic carbocycles. The number of thiazole rings is 1. The molecule has 0 saturated heterocycles. The third-order valence-electron chi connectivity index (χ3n) is 2.28. The molecule has 0 radical (unpaired) electrons. The number of ether oxygens (including phenoxy) is 1. The third-order valence-corrected chi connectivity index (χ3v) is 3.32. The van der Waals surface area contributed by atoms with E-state index in [0.717, 1.165) is 4.70 Å². The van der Waals surface area contributed by atoms with Gasteiger partial charge < -0.3 is 9.84 Å². The Morgan fingerprint density at radius 1 is 1.44 bits per heavy atom. The van der Waals surface area contributed by atoms with E-state index >= 15 is 0 Å². The molecule has 1 aromatic carbocycles. The average Bonchev–Trinajstić information content (AvgIpc) is 2.69. The van der Waals surface area contributed by atoms with E-state index in [1.807, 2.05) is 0 Å². The fourth-order valence-corrected chi connectivity index (χ4v) is 2.45. The lowest BCUT2D eigenvalue weighted by Crippen LogP contribution is -2.06. The van der Waals surface area contributed by atoms with Crippen LogP contribution >= 0.6 is 11.3 Å². The van der Waals surface area contributed by atoms with Crippen molar-refractivity contribution >= 4 is 33.5 Å². The summed E-state index contributed by atoms with van der Waals surface area (Å²) in [6.07, 6.45) is 0.121. The molecule has 5 nitrogen and oxygen atoms in total.